The van der Waals surface area contributed by atoms with Gasteiger partial charge in [0.05, 0.1) is 18.7 Å². The fourth-order valence-corrected chi connectivity index (χ4v) is 4.12. The molecule has 2 aromatic rings. The number of carbonyl (C=O) groups is 2. The van der Waals surface area contributed by atoms with Crippen molar-refractivity contribution < 1.29 is 14.0 Å². The smallest absolute Gasteiger partial charge is 0.227 e. The first-order valence-corrected chi connectivity index (χ1v) is 10.1. The highest BCUT2D eigenvalue weighted by Crippen LogP contribution is 2.25. The van der Waals surface area contributed by atoms with E-state index in [4.69, 9.17) is 4.42 Å². The number of rotatable bonds is 7. The molecule has 0 aliphatic carbocycles. The molecular weight excluding hydrogens is 354 g/mol. The Morgan fingerprint density at radius 3 is 2.50 bits per heavy atom. The minimum absolute atomic E-state index is 0.000696. The normalized spacial score (nSPS) is 18.6. The van der Waals surface area contributed by atoms with Crippen LogP contribution in [-0.2, 0) is 16.0 Å². The zero-order valence-corrected chi connectivity index (χ0v) is 16.1. The van der Waals surface area contributed by atoms with E-state index in [1.54, 1.807) is 6.26 Å². The third kappa shape index (κ3) is 4.28. The number of hydrogen-bond donors (Lipinski definition) is 1. The van der Waals surface area contributed by atoms with E-state index in [9.17, 15) is 9.59 Å². The number of hydrogen-bond acceptors (Lipinski definition) is 4. The number of furan rings is 1. The van der Waals surface area contributed by atoms with Gasteiger partial charge in [-0.3, -0.25) is 14.5 Å². The van der Waals surface area contributed by atoms with E-state index in [0.29, 0.717) is 19.4 Å². The molecule has 1 N–H and O–H groups in total. The van der Waals surface area contributed by atoms with Crippen molar-refractivity contribution in [3.8, 4) is 0 Å². The minimum Gasteiger partial charge on any atom is -0.468 e. The summed E-state index contributed by atoms with van der Waals surface area (Å²) < 4.78 is 5.60. The fraction of sp³-hybridized carbons (Fsp3) is 0.455. The number of anilines is 1. The summed E-state index contributed by atoms with van der Waals surface area (Å²) in [5, 5.41) is 3.07. The molecule has 0 bridgehead atoms. The van der Waals surface area contributed by atoms with E-state index in [-0.39, 0.29) is 17.9 Å². The van der Waals surface area contributed by atoms with E-state index < -0.39 is 0 Å². The van der Waals surface area contributed by atoms with Crippen LogP contribution in [0.2, 0.25) is 0 Å². The maximum Gasteiger partial charge on any atom is 0.227 e. The van der Waals surface area contributed by atoms with E-state index >= 15 is 0 Å². The van der Waals surface area contributed by atoms with Gasteiger partial charge in [0.2, 0.25) is 11.8 Å². The number of nitrogens with one attached hydrogen (secondary N) is 1. The van der Waals surface area contributed by atoms with E-state index in [0.717, 1.165) is 43.1 Å². The predicted molar refractivity (Wildman–Crippen MR) is 107 cm³/mol. The van der Waals surface area contributed by atoms with Crippen LogP contribution in [0.15, 0.2) is 47.1 Å². The first-order chi connectivity index (χ1) is 13.7. The van der Waals surface area contributed by atoms with Crippen LogP contribution < -0.4 is 10.2 Å². The Morgan fingerprint density at radius 2 is 1.86 bits per heavy atom. The van der Waals surface area contributed by atoms with Crippen molar-refractivity contribution >= 4 is 17.5 Å². The maximum absolute atomic E-state index is 12.5. The van der Waals surface area contributed by atoms with Crippen molar-refractivity contribution in [1.82, 2.24) is 10.2 Å². The van der Waals surface area contributed by atoms with Gasteiger partial charge in [-0.1, -0.05) is 12.1 Å². The highest BCUT2D eigenvalue weighted by atomic mass is 16.3. The molecule has 1 aromatic carbocycles. The maximum atomic E-state index is 12.5. The molecule has 148 valence electrons. The minimum atomic E-state index is 0.000696. The lowest BCUT2D eigenvalue weighted by Gasteiger charge is -2.26. The van der Waals surface area contributed by atoms with Crippen molar-refractivity contribution in [3.63, 3.8) is 0 Å². The fourth-order valence-electron chi connectivity index (χ4n) is 4.12. The Kier molecular flexibility index (Phi) is 5.76. The van der Waals surface area contributed by atoms with Gasteiger partial charge in [0.25, 0.3) is 0 Å². The third-order valence-corrected chi connectivity index (χ3v) is 5.63. The van der Waals surface area contributed by atoms with E-state index in [2.05, 4.69) is 10.2 Å². The van der Waals surface area contributed by atoms with Gasteiger partial charge in [-0.05, 0) is 62.2 Å². The second-order valence-corrected chi connectivity index (χ2v) is 7.57. The molecule has 2 fully saturated rings. The van der Waals surface area contributed by atoms with Crippen molar-refractivity contribution in [3.05, 3.63) is 54.0 Å². The molecule has 28 heavy (non-hydrogen) atoms. The Balaban J connectivity index is 1.32. The number of nitrogens with zero attached hydrogens (tertiary/aromatic N) is 2. The van der Waals surface area contributed by atoms with Crippen molar-refractivity contribution in [2.24, 2.45) is 0 Å². The summed E-state index contributed by atoms with van der Waals surface area (Å²) in [6.07, 6.45) is 5.94. The van der Waals surface area contributed by atoms with Crippen LogP contribution in [0.5, 0.6) is 0 Å². The molecule has 6 heteroatoms. The molecule has 0 unspecified atom stereocenters. The first kappa shape index (κ1) is 18.7. The average Bonchev–Trinajstić information content (AvgIpc) is 3.46. The number of likely N-dealkylation sites (tertiary alicyclic amines) is 1. The van der Waals surface area contributed by atoms with Gasteiger partial charge in [-0.25, -0.2) is 0 Å². The summed E-state index contributed by atoms with van der Waals surface area (Å²) >= 11 is 0. The summed E-state index contributed by atoms with van der Waals surface area (Å²) in [6.45, 7) is 3.41. The molecule has 1 atom stereocenters. The summed E-state index contributed by atoms with van der Waals surface area (Å²) in [5.41, 5.74) is 1.86. The molecular formula is C22H27N3O3. The molecule has 0 saturated carbocycles. The molecule has 2 aliphatic rings. The summed E-state index contributed by atoms with van der Waals surface area (Å²) in [4.78, 5) is 28.5. The molecule has 2 saturated heterocycles. The van der Waals surface area contributed by atoms with Gasteiger partial charge in [-0.2, -0.15) is 0 Å². The molecule has 0 spiro atoms. The Hall–Kier alpha value is -2.60. The quantitative estimate of drug-likeness (QED) is 0.801. The number of carbonyl (C=O) groups excluding carboxylic acids is 2. The second-order valence-electron chi connectivity index (χ2n) is 7.57. The van der Waals surface area contributed by atoms with Crippen molar-refractivity contribution in [2.45, 2.75) is 38.1 Å². The SMILES string of the molecule is O=C(Cc1ccc(N2CCCC2=O)cc1)NC[C@H](c1ccco1)N1CCCC1. The molecule has 2 aliphatic heterocycles. The van der Waals surface area contributed by atoms with Crippen LogP contribution in [0.25, 0.3) is 0 Å². The van der Waals surface area contributed by atoms with Gasteiger partial charge in [0, 0.05) is 25.2 Å². The van der Waals surface area contributed by atoms with E-state index in [1.165, 1.54) is 12.8 Å². The Labute approximate surface area is 165 Å². The first-order valence-electron chi connectivity index (χ1n) is 10.1. The number of benzene rings is 1. The van der Waals surface area contributed by atoms with Crippen molar-refractivity contribution in [2.75, 3.05) is 31.1 Å². The van der Waals surface area contributed by atoms with Crippen LogP contribution >= 0.6 is 0 Å². The zero-order chi connectivity index (χ0) is 19.3. The number of amides is 2. The zero-order valence-electron chi connectivity index (χ0n) is 16.1. The topological polar surface area (TPSA) is 65.8 Å². The van der Waals surface area contributed by atoms with Gasteiger partial charge in [-0.15, -0.1) is 0 Å². The van der Waals surface area contributed by atoms with Crippen LogP contribution in [0.3, 0.4) is 0 Å². The van der Waals surface area contributed by atoms with Gasteiger partial charge >= 0.3 is 0 Å². The standard InChI is InChI=1S/C22H27N3O3/c26-21(15-17-7-9-18(10-8-17)25-13-3-6-22(25)27)23-16-19(20-5-4-14-28-20)24-11-1-2-12-24/h4-5,7-10,14,19H,1-3,6,11-13,15-16H2,(H,23,26)/t19-/m1/s1. The largest absolute Gasteiger partial charge is 0.468 e. The molecule has 1 aromatic heterocycles. The lowest BCUT2D eigenvalue weighted by atomic mass is 10.1. The second kappa shape index (κ2) is 8.61. The highest BCUT2D eigenvalue weighted by molar-refractivity contribution is 5.95. The predicted octanol–water partition coefficient (Wildman–Crippen LogP) is 2.90. The highest BCUT2D eigenvalue weighted by Gasteiger charge is 2.26. The molecule has 6 nitrogen and oxygen atoms in total. The molecule has 3 heterocycles. The lowest BCUT2D eigenvalue weighted by Crippen LogP contribution is -2.37. The van der Waals surface area contributed by atoms with Gasteiger partial charge in [0.15, 0.2) is 0 Å². The van der Waals surface area contributed by atoms with Crippen molar-refractivity contribution in [1.29, 1.82) is 0 Å². The third-order valence-electron chi connectivity index (χ3n) is 5.63. The van der Waals surface area contributed by atoms with Crippen LogP contribution in [-0.4, -0.2) is 42.9 Å². The summed E-state index contributed by atoms with van der Waals surface area (Å²) in [6, 6.07) is 11.7. The van der Waals surface area contributed by atoms with E-state index in [1.807, 2.05) is 41.3 Å². The summed E-state index contributed by atoms with van der Waals surface area (Å²) in [5.74, 6) is 1.08. The lowest BCUT2D eigenvalue weighted by molar-refractivity contribution is -0.120. The molecule has 0 radical (unpaired) electrons. The monoisotopic (exact) mass is 381 g/mol. The Morgan fingerprint density at radius 1 is 1.07 bits per heavy atom. The van der Waals surface area contributed by atoms with Crippen LogP contribution in [0.1, 0.15) is 43.0 Å². The summed E-state index contributed by atoms with van der Waals surface area (Å²) in [7, 11) is 0. The molecule has 4 rings (SSSR count). The van der Waals surface area contributed by atoms with Gasteiger partial charge < -0.3 is 14.6 Å². The van der Waals surface area contributed by atoms with Crippen LogP contribution in [0, 0.1) is 0 Å². The Bertz CT molecular complexity index is 795. The van der Waals surface area contributed by atoms with Crippen LogP contribution in [0.4, 0.5) is 5.69 Å². The average molecular weight is 381 g/mol. The van der Waals surface area contributed by atoms with Gasteiger partial charge in [0.1, 0.15) is 5.76 Å². The molecule has 2 amide bonds.